The number of hydrogen-bond donors (Lipinski definition) is 1. The number of rotatable bonds is 14. The van der Waals surface area contributed by atoms with Crippen LogP contribution in [0, 0.1) is 12.8 Å². The number of amides is 2. The Morgan fingerprint density at radius 2 is 1.54 bits per heavy atom. The molecule has 0 heterocycles. The highest BCUT2D eigenvalue weighted by Crippen LogP contribution is 2.33. The van der Waals surface area contributed by atoms with E-state index in [0.29, 0.717) is 25.3 Å². The SMILES string of the molecule is CCOc1ccccc1N(CC(=O)N(CCc1ccccc1)C(C)C(=O)NCC(C)C)S(=O)(=O)c1ccc(C)cc1. The van der Waals surface area contributed by atoms with Crippen LogP contribution in [-0.2, 0) is 26.0 Å². The number of nitrogens with zero attached hydrogens (tertiary/aromatic N) is 2. The lowest BCUT2D eigenvalue weighted by Crippen LogP contribution is -2.52. The Balaban J connectivity index is 2.01. The molecule has 3 rings (SSSR count). The van der Waals surface area contributed by atoms with E-state index >= 15 is 0 Å². The Bertz CT molecular complexity index is 1390. The quantitative estimate of drug-likeness (QED) is 0.295. The van der Waals surface area contributed by atoms with Crippen molar-refractivity contribution in [1.29, 1.82) is 0 Å². The average Bonchev–Trinajstić information content (AvgIpc) is 2.96. The van der Waals surface area contributed by atoms with Gasteiger partial charge in [0.15, 0.2) is 0 Å². The van der Waals surface area contributed by atoms with Gasteiger partial charge in [0, 0.05) is 13.1 Å². The summed E-state index contributed by atoms with van der Waals surface area (Å²) in [5, 5.41) is 2.90. The average molecular weight is 580 g/mol. The number of aryl methyl sites for hydroxylation is 1. The lowest BCUT2D eigenvalue weighted by Gasteiger charge is -2.32. The maximum absolute atomic E-state index is 14.0. The third-order valence-electron chi connectivity index (χ3n) is 6.66. The molecule has 0 bridgehead atoms. The lowest BCUT2D eigenvalue weighted by atomic mass is 10.1. The monoisotopic (exact) mass is 579 g/mol. The first-order valence-electron chi connectivity index (χ1n) is 14.0. The van der Waals surface area contributed by atoms with E-state index in [-0.39, 0.29) is 29.0 Å². The maximum atomic E-state index is 14.0. The lowest BCUT2D eigenvalue weighted by molar-refractivity contribution is -0.138. The molecule has 0 saturated carbocycles. The van der Waals surface area contributed by atoms with Crippen LogP contribution in [0.3, 0.4) is 0 Å². The summed E-state index contributed by atoms with van der Waals surface area (Å²) < 4.78 is 34.9. The predicted molar refractivity (Wildman–Crippen MR) is 162 cm³/mol. The number of benzene rings is 3. The zero-order valence-corrected chi connectivity index (χ0v) is 25.4. The minimum atomic E-state index is -4.17. The van der Waals surface area contributed by atoms with Crippen molar-refractivity contribution in [2.24, 2.45) is 5.92 Å². The van der Waals surface area contributed by atoms with E-state index in [1.165, 1.54) is 17.0 Å². The van der Waals surface area contributed by atoms with Gasteiger partial charge in [0.05, 0.1) is 17.2 Å². The Labute approximate surface area is 244 Å². The molecular formula is C32H41N3O5S. The molecule has 0 saturated heterocycles. The van der Waals surface area contributed by atoms with Gasteiger partial charge < -0.3 is 15.0 Å². The second-order valence-corrected chi connectivity index (χ2v) is 12.2. The Morgan fingerprint density at radius 1 is 0.902 bits per heavy atom. The van der Waals surface area contributed by atoms with Crippen LogP contribution in [-0.4, -0.2) is 57.4 Å². The molecule has 0 radical (unpaired) electrons. The third kappa shape index (κ3) is 8.57. The van der Waals surface area contributed by atoms with Crippen molar-refractivity contribution in [3.63, 3.8) is 0 Å². The number of anilines is 1. The van der Waals surface area contributed by atoms with Gasteiger partial charge in [0.2, 0.25) is 11.8 Å². The van der Waals surface area contributed by atoms with Crippen LogP contribution >= 0.6 is 0 Å². The zero-order valence-electron chi connectivity index (χ0n) is 24.5. The summed E-state index contributed by atoms with van der Waals surface area (Å²) in [6, 6.07) is 22.1. The van der Waals surface area contributed by atoms with E-state index in [9.17, 15) is 18.0 Å². The molecule has 3 aromatic carbocycles. The van der Waals surface area contributed by atoms with E-state index in [1.807, 2.05) is 58.0 Å². The van der Waals surface area contributed by atoms with Gasteiger partial charge in [0.25, 0.3) is 10.0 Å². The first-order valence-corrected chi connectivity index (χ1v) is 15.4. The van der Waals surface area contributed by atoms with Gasteiger partial charge in [-0.1, -0.05) is 74.0 Å². The number of sulfonamides is 1. The molecular weight excluding hydrogens is 538 g/mol. The van der Waals surface area contributed by atoms with Crippen LogP contribution in [0.15, 0.2) is 83.8 Å². The molecule has 0 aliphatic carbocycles. The van der Waals surface area contributed by atoms with Crippen molar-refractivity contribution in [3.05, 3.63) is 90.0 Å². The molecule has 0 spiro atoms. The second kappa shape index (κ2) is 14.7. The first-order chi connectivity index (χ1) is 19.5. The highest BCUT2D eigenvalue weighted by atomic mass is 32.2. The van der Waals surface area contributed by atoms with Crippen molar-refractivity contribution in [2.45, 2.75) is 52.0 Å². The van der Waals surface area contributed by atoms with Gasteiger partial charge in [-0.3, -0.25) is 13.9 Å². The summed E-state index contributed by atoms with van der Waals surface area (Å²) in [5.74, 6) is -0.195. The van der Waals surface area contributed by atoms with Crippen molar-refractivity contribution >= 4 is 27.5 Å². The smallest absolute Gasteiger partial charge is 0.264 e. The normalized spacial score (nSPS) is 12.0. The molecule has 2 amide bonds. The number of carbonyl (C=O) groups is 2. The highest BCUT2D eigenvalue weighted by molar-refractivity contribution is 7.92. The van der Waals surface area contributed by atoms with Gasteiger partial charge in [-0.25, -0.2) is 8.42 Å². The number of carbonyl (C=O) groups excluding carboxylic acids is 2. The minimum Gasteiger partial charge on any atom is -0.492 e. The topological polar surface area (TPSA) is 96.0 Å². The van der Waals surface area contributed by atoms with Crippen molar-refractivity contribution in [2.75, 3.05) is 30.5 Å². The van der Waals surface area contributed by atoms with Gasteiger partial charge >= 0.3 is 0 Å². The highest BCUT2D eigenvalue weighted by Gasteiger charge is 2.33. The van der Waals surface area contributed by atoms with E-state index in [0.717, 1.165) is 15.4 Å². The molecule has 220 valence electrons. The fourth-order valence-electron chi connectivity index (χ4n) is 4.31. The molecule has 0 fully saturated rings. The maximum Gasteiger partial charge on any atom is 0.264 e. The largest absolute Gasteiger partial charge is 0.492 e. The van der Waals surface area contributed by atoms with Crippen molar-refractivity contribution in [3.8, 4) is 5.75 Å². The predicted octanol–water partition coefficient (Wildman–Crippen LogP) is 4.82. The number of nitrogens with one attached hydrogen (secondary N) is 1. The van der Waals surface area contributed by atoms with Crippen LogP contribution in [0.2, 0.25) is 0 Å². The van der Waals surface area contributed by atoms with Gasteiger partial charge in [0.1, 0.15) is 18.3 Å². The molecule has 1 unspecified atom stereocenters. The third-order valence-corrected chi connectivity index (χ3v) is 8.43. The molecule has 9 heteroatoms. The molecule has 8 nitrogen and oxygen atoms in total. The van der Waals surface area contributed by atoms with Crippen LogP contribution in [0.1, 0.15) is 38.8 Å². The van der Waals surface area contributed by atoms with Gasteiger partial charge in [-0.2, -0.15) is 0 Å². The Morgan fingerprint density at radius 3 is 2.17 bits per heavy atom. The van der Waals surface area contributed by atoms with E-state index in [1.54, 1.807) is 43.3 Å². The van der Waals surface area contributed by atoms with E-state index < -0.39 is 28.5 Å². The Hall–Kier alpha value is -3.85. The van der Waals surface area contributed by atoms with E-state index in [2.05, 4.69) is 5.32 Å². The summed E-state index contributed by atoms with van der Waals surface area (Å²) in [5.41, 5.74) is 2.17. The molecule has 0 aliphatic heterocycles. The van der Waals surface area contributed by atoms with Crippen molar-refractivity contribution < 1.29 is 22.7 Å². The number of hydrogen-bond acceptors (Lipinski definition) is 5. The van der Waals surface area contributed by atoms with Crippen molar-refractivity contribution in [1.82, 2.24) is 10.2 Å². The fourth-order valence-corrected chi connectivity index (χ4v) is 5.74. The summed E-state index contributed by atoms with van der Waals surface area (Å²) in [4.78, 5) is 28.6. The molecule has 0 aromatic heterocycles. The number of para-hydroxylation sites is 2. The molecule has 3 aromatic rings. The second-order valence-electron chi connectivity index (χ2n) is 10.4. The molecule has 41 heavy (non-hydrogen) atoms. The molecule has 0 aliphatic rings. The zero-order chi connectivity index (χ0) is 30.0. The van der Waals surface area contributed by atoms with Gasteiger partial charge in [-0.15, -0.1) is 0 Å². The van der Waals surface area contributed by atoms with Gasteiger partial charge in [-0.05, 0) is 62.9 Å². The first kappa shape index (κ1) is 31.7. The minimum absolute atomic E-state index is 0.0563. The summed E-state index contributed by atoms with van der Waals surface area (Å²) in [7, 11) is -4.17. The molecule has 1 N–H and O–H groups in total. The summed E-state index contributed by atoms with van der Waals surface area (Å²) in [6.45, 7) is 9.87. The van der Waals surface area contributed by atoms with Crippen LogP contribution in [0.5, 0.6) is 5.75 Å². The standard InChI is InChI=1S/C32H41N3O5S/c1-6-40-30-15-11-10-14-29(30)35(41(38,39)28-18-16-25(4)17-19-28)23-31(36)34(21-20-27-12-8-7-9-13-27)26(5)32(37)33-22-24(2)3/h7-19,24,26H,6,20-23H2,1-5H3,(H,33,37). The van der Waals surface area contributed by atoms with E-state index in [4.69, 9.17) is 4.74 Å². The van der Waals surface area contributed by atoms with Crippen LogP contribution < -0.4 is 14.4 Å². The number of ether oxygens (including phenoxy) is 1. The Kier molecular flexibility index (Phi) is 11.3. The van der Waals surface area contributed by atoms with Crippen LogP contribution in [0.25, 0.3) is 0 Å². The summed E-state index contributed by atoms with van der Waals surface area (Å²) >= 11 is 0. The molecule has 1 atom stereocenters. The fraction of sp³-hybridized carbons (Fsp3) is 0.375. The van der Waals surface area contributed by atoms with Crippen LogP contribution in [0.4, 0.5) is 5.69 Å². The summed E-state index contributed by atoms with van der Waals surface area (Å²) in [6.07, 6.45) is 0.509.